The minimum absolute atomic E-state index is 0.0946. The van der Waals surface area contributed by atoms with Gasteiger partial charge < -0.3 is 18.9 Å². The van der Waals surface area contributed by atoms with Crippen molar-refractivity contribution < 1.29 is 33.3 Å². The van der Waals surface area contributed by atoms with E-state index in [1.807, 2.05) is 0 Å². The smallest absolute Gasteiger partial charge is 0.411 e. The predicted molar refractivity (Wildman–Crippen MR) is 125 cm³/mol. The summed E-state index contributed by atoms with van der Waals surface area (Å²) in [5.74, 6) is -0.389. The Kier molecular flexibility index (Phi) is 6.69. The second-order valence-corrected chi connectivity index (χ2v) is 7.75. The first kappa shape index (κ1) is 22.7. The van der Waals surface area contributed by atoms with E-state index in [2.05, 4.69) is 15.0 Å². The summed E-state index contributed by atoms with van der Waals surface area (Å²) < 4.78 is 20.6. The number of hydrogen-bond donors (Lipinski definition) is 1. The van der Waals surface area contributed by atoms with Crippen molar-refractivity contribution in [2.75, 3.05) is 19.5 Å². The molecule has 0 saturated carbocycles. The SMILES string of the molecule is COC(=O)Nc1ccc(C2=N/C(=C/c3ccc(OC(=O)c4cccs4)c(OC)c3)C(=O)O2)cc1. The van der Waals surface area contributed by atoms with Crippen molar-refractivity contribution in [2.24, 2.45) is 4.99 Å². The van der Waals surface area contributed by atoms with E-state index in [-0.39, 0.29) is 17.3 Å². The van der Waals surface area contributed by atoms with E-state index >= 15 is 0 Å². The maximum atomic E-state index is 12.3. The zero-order chi connectivity index (χ0) is 24.1. The molecular weight excluding hydrogens is 460 g/mol. The largest absolute Gasteiger partial charge is 0.493 e. The van der Waals surface area contributed by atoms with E-state index in [1.165, 1.54) is 31.6 Å². The van der Waals surface area contributed by atoms with Gasteiger partial charge in [0.2, 0.25) is 5.90 Å². The Labute approximate surface area is 198 Å². The Hall–Kier alpha value is -4.44. The van der Waals surface area contributed by atoms with Crippen molar-refractivity contribution >= 4 is 47.0 Å². The Bertz CT molecular complexity index is 1300. The molecule has 1 aliphatic heterocycles. The van der Waals surface area contributed by atoms with Crippen molar-refractivity contribution in [1.29, 1.82) is 0 Å². The molecule has 172 valence electrons. The third-order valence-corrected chi connectivity index (χ3v) is 5.45. The zero-order valence-corrected chi connectivity index (χ0v) is 18.9. The Morgan fingerprint density at radius 3 is 2.53 bits per heavy atom. The number of cyclic esters (lactones) is 1. The molecule has 10 heteroatoms. The quantitative estimate of drug-likeness (QED) is 0.315. The first-order chi connectivity index (χ1) is 16.5. The highest BCUT2D eigenvalue weighted by Gasteiger charge is 2.24. The van der Waals surface area contributed by atoms with Gasteiger partial charge in [-0.2, -0.15) is 0 Å². The van der Waals surface area contributed by atoms with Crippen molar-refractivity contribution in [2.45, 2.75) is 0 Å². The summed E-state index contributed by atoms with van der Waals surface area (Å²) in [6.07, 6.45) is 0.945. The molecule has 1 amide bonds. The van der Waals surface area contributed by atoms with Gasteiger partial charge in [-0.3, -0.25) is 5.32 Å². The lowest BCUT2D eigenvalue weighted by Crippen LogP contribution is -2.11. The van der Waals surface area contributed by atoms with E-state index < -0.39 is 18.0 Å². The highest BCUT2D eigenvalue weighted by molar-refractivity contribution is 7.12. The van der Waals surface area contributed by atoms with Gasteiger partial charge in [0.25, 0.3) is 0 Å². The number of nitrogens with zero attached hydrogens (tertiary/aromatic N) is 1. The number of aliphatic imine (C=N–C) groups is 1. The van der Waals surface area contributed by atoms with Crippen LogP contribution in [-0.4, -0.2) is 38.1 Å². The number of thiophene rings is 1. The standard InChI is InChI=1S/C24H18N2O7S/c1-30-19-13-14(5-10-18(19)32-23(28)20-4-3-11-34-20)12-17-22(27)33-21(26-17)15-6-8-16(9-7-15)25-24(29)31-2/h3-13H,1-2H3,(H,25,29)/b17-12+. The molecule has 1 aliphatic rings. The molecule has 0 saturated heterocycles. The maximum Gasteiger partial charge on any atom is 0.411 e. The van der Waals surface area contributed by atoms with E-state index in [9.17, 15) is 14.4 Å². The monoisotopic (exact) mass is 478 g/mol. The lowest BCUT2D eigenvalue weighted by atomic mass is 10.1. The minimum Gasteiger partial charge on any atom is -0.493 e. The van der Waals surface area contributed by atoms with Crippen molar-refractivity contribution in [1.82, 2.24) is 0 Å². The van der Waals surface area contributed by atoms with Crippen LogP contribution in [0.3, 0.4) is 0 Å². The number of anilines is 1. The van der Waals surface area contributed by atoms with Gasteiger partial charge in [-0.1, -0.05) is 12.1 Å². The second-order valence-electron chi connectivity index (χ2n) is 6.81. The third kappa shape index (κ3) is 5.13. The summed E-state index contributed by atoms with van der Waals surface area (Å²) >= 11 is 1.28. The molecule has 2 aromatic carbocycles. The number of methoxy groups -OCH3 is 2. The first-order valence-electron chi connectivity index (χ1n) is 9.88. The molecule has 0 unspecified atom stereocenters. The summed E-state index contributed by atoms with van der Waals surface area (Å²) in [6.45, 7) is 0. The molecule has 0 bridgehead atoms. The molecule has 0 radical (unpaired) electrons. The van der Waals surface area contributed by atoms with Gasteiger partial charge in [0.1, 0.15) is 4.88 Å². The van der Waals surface area contributed by atoms with E-state index in [1.54, 1.807) is 60.0 Å². The summed E-state index contributed by atoms with van der Waals surface area (Å²) in [5, 5.41) is 4.32. The van der Waals surface area contributed by atoms with Crippen LogP contribution in [0.15, 0.2) is 70.7 Å². The fraction of sp³-hybridized carbons (Fsp3) is 0.0833. The molecule has 2 heterocycles. The summed E-state index contributed by atoms with van der Waals surface area (Å²) in [5.41, 5.74) is 1.77. The van der Waals surface area contributed by atoms with Gasteiger partial charge in [0.15, 0.2) is 17.2 Å². The van der Waals surface area contributed by atoms with Crippen LogP contribution in [-0.2, 0) is 14.3 Å². The Morgan fingerprint density at radius 1 is 1.06 bits per heavy atom. The summed E-state index contributed by atoms with van der Waals surface area (Å²) in [4.78, 5) is 40.6. The van der Waals surface area contributed by atoms with Crippen LogP contribution in [0, 0.1) is 0 Å². The number of benzene rings is 2. The molecule has 0 spiro atoms. The van der Waals surface area contributed by atoms with Gasteiger partial charge in [0.05, 0.1) is 14.2 Å². The predicted octanol–water partition coefficient (Wildman–Crippen LogP) is 4.50. The molecule has 1 aromatic heterocycles. The van der Waals surface area contributed by atoms with Crippen LogP contribution in [0.25, 0.3) is 6.08 Å². The average molecular weight is 478 g/mol. The van der Waals surface area contributed by atoms with Crippen LogP contribution in [0.5, 0.6) is 11.5 Å². The van der Waals surface area contributed by atoms with Crippen LogP contribution in [0.4, 0.5) is 10.5 Å². The van der Waals surface area contributed by atoms with Gasteiger partial charge >= 0.3 is 18.0 Å². The number of esters is 2. The number of nitrogens with one attached hydrogen (secondary N) is 1. The molecule has 1 N–H and O–H groups in total. The highest BCUT2D eigenvalue weighted by Crippen LogP contribution is 2.31. The van der Waals surface area contributed by atoms with Crippen LogP contribution in [0.1, 0.15) is 20.8 Å². The molecule has 0 fully saturated rings. The molecule has 0 aliphatic carbocycles. The fourth-order valence-corrected chi connectivity index (χ4v) is 3.56. The molecule has 4 rings (SSSR count). The zero-order valence-electron chi connectivity index (χ0n) is 18.1. The van der Waals surface area contributed by atoms with Crippen LogP contribution >= 0.6 is 11.3 Å². The molecule has 0 atom stereocenters. The topological polar surface area (TPSA) is 113 Å². The molecule has 34 heavy (non-hydrogen) atoms. The number of carbonyl (C=O) groups is 3. The summed E-state index contributed by atoms with van der Waals surface area (Å²) in [7, 11) is 2.72. The summed E-state index contributed by atoms with van der Waals surface area (Å²) in [6, 6.07) is 14.9. The van der Waals surface area contributed by atoms with E-state index in [0.29, 0.717) is 27.4 Å². The molecule has 9 nitrogen and oxygen atoms in total. The average Bonchev–Trinajstić information content (AvgIpc) is 3.51. The maximum absolute atomic E-state index is 12.3. The second kappa shape index (κ2) is 10.0. The van der Waals surface area contributed by atoms with Gasteiger partial charge in [0, 0.05) is 11.3 Å². The van der Waals surface area contributed by atoms with Gasteiger partial charge in [-0.15, -0.1) is 11.3 Å². The normalized spacial score (nSPS) is 13.8. The molecule has 3 aromatic rings. The van der Waals surface area contributed by atoms with Gasteiger partial charge in [-0.25, -0.2) is 19.4 Å². The van der Waals surface area contributed by atoms with Gasteiger partial charge in [-0.05, 0) is 59.5 Å². The van der Waals surface area contributed by atoms with Crippen molar-refractivity contribution in [3.63, 3.8) is 0 Å². The van der Waals surface area contributed by atoms with Crippen molar-refractivity contribution in [3.8, 4) is 11.5 Å². The Morgan fingerprint density at radius 2 is 1.85 bits per heavy atom. The number of rotatable bonds is 6. The molecular formula is C24H18N2O7S. The lowest BCUT2D eigenvalue weighted by molar-refractivity contribution is -0.129. The van der Waals surface area contributed by atoms with Crippen LogP contribution in [0.2, 0.25) is 0 Å². The first-order valence-corrected chi connectivity index (χ1v) is 10.8. The third-order valence-electron chi connectivity index (χ3n) is 4.60. The lowest BCUT2D eigenvalue weighted by Gasteiger charge is -2.09. The number of ether oxygens (including phenoxy) is 4. The number of carbonyl (C=O) groups excluding carboxylic acids is 3. The van der Waals surface area contributed by atoms with Crippen LogP contribution < -0.4 is 14.8 Å². The fourth-order valence-electron chi connectivity index (χ4n) is 2.96. The van der Waals surface area contributed by atoms with E-state index in [0.717, 1.165) is 0 Å². The minimum atomic E-state index is -0.612. The van der Waals surface area contributed by atoms with E-state index in [4.69, 9.17) is 14.2 Å². The number of hydrogen-bond acceptors (Lipinski definition) is 9. The number of amides is 1. The Balaban J connectivity index is 1.52. The highest BCUT2D eigenvalue weighted by atomic mass is 32.1. The van der Waals surface area contributed by atoms with Crippen molar-refractivity contribution in [3.05, 3.63) is 81.7 Å².